The highest BCUT2D eigenvalue weighted by atomic mass is 16.6. The van der Waals surface area contributed by atoms with Crippen LogP contribution in [0.3, 0.4) is 0 Å². The lowest BCUT2D eigenvalue weighted by atomic mass is 10.1. The molecule has 0 radical (unpaired) electrons. The standard InChI is InChI=1S/C26H24N6O2/c1-31(2)22-16-13-19(14-17-22)15-18-23-24(32(33)34)25(27-20-9-5-3-6-10-20)30-26(29-23)28-21-11-7-4-8-12-21/h3-18H,1-2H3,(H2,27,28,29,30). The molecule has 3 aromatic carbocycles. The van der Waals surface area contributed by atoms with E-state index in [0.29, 0.717) is 5.69 Å². The predicted molar refractivity (Wildman–Crippen MR) is 138 cm³/mol. The van der Waals surface area contributed by atoms with Crippen molar-refractivity contribution in [3.63, 3.8) is 0 Å². The molecule has 0 aliphatic carbocycles. The second-order valence-corrected chi connectivity index (χ2v) is 7.69. The molecule has 0 saturated heterocycles. The first-order chi connectivity index (χ1) is 16.5. The Morgan fingerprint density at radius 3 is 1.94 bits per heavy atom. The van der Waals surface area contributed by atoms with E-state index in [0.717, 1.165) is 16.9 Å². The smallest absolute Gasteiger partial charge is 0.337 e. The number of nitro groups is 1. The molecule has 0 aliphatic rings. The summed E-state index contributed by atoms with van der Waals surface area (Å²) in [6.07, 6.45) is 3.43. The molecule has 0 saturated carbocycles. The lowest BCUT2D eigenvalue weighted by Gasteiger charge is -2.12. The Morgan fingerprint density at radius 2 is 1.38 bits per heavy atom. The van der Waals surface area contributed by atoms with Crippen LogP contribution in [0.5, 0.6) is 0 Å². The molecule has 170 valence electrons. The lowest BCUT2D eigenvalue weighted by Crippen LogP contribution is -2.08. The van der Waals surface area contributed by atoms with Crippen LogP contribution in [0, 0.1) is 10.1 Å². The van der Waals surface area contributed by atoms with Crippen LogP contribution in [-0.2, 0) is 0 Å². The monoisotopic (exact) mass is 452 g/mol. The van der Waals surface area contributed by atoms with Crippen molar-refractivity contribution in [2.24, 2.45) is 0 Å². The Morgan fingerprint density at radius 1 is 0.794 bits per heavy atom. The van der Waals surface area contributed by atoms with Gasteiger partial charge in [0.05, 0.1) is 4.92 Å². The van der Waals surface area contributed by atoms with Crippen LogP contribution >= 0.6 is 0 Å². The van der Waals surface area contributed by atoms with E-state index in [-0.39, 0.29) is 23.1 Å². The van der Waals surface area contributed by atoms with Gasteiger partial charge in [-0.1, -0.05) is 54.6 Å². The van der Waals surface area contributed by atoms with E-state index in [1.807, 2.05) is 104 Å². The Labute approximate surface area is 197 Å². The summed E-state index contributed by atoms with van der Waals surface area (Å²) in [5.74, 6) is 0.352. The fourth-order valence-corrected chi connectivity index (χ4v) is 3.28. The minimum Gasteiger partial charge on any atom is -0.378 e. The Hall–Kier alpha value is -4.72. The van der Waals surface area contributed by atoms with E-state index in [1.54, 1.807) is 12.2 Å². The average molecular weight is 453 g/mol. The van der Waals surface area contributed by atoms with Gasteiger partial charge in [0, 0.05) is 31.2 Å². The third-order valence-electron chi connectivity index (χ3n) is 5.00. The third kappa shape index (κ3) is 5.55. The third-order valence-corrected chi connectivity index (χ3v) is 5.00. The highest BCUT2D eigenvalue weighted by molar-refractivity contribution is 5.79. The van der Waals surface area contributed by atoms with Crippen LogP contribution in [0.15, 0.2) is 84.9 Å². The van der Waals surface area contributed by atoms with Gasteiger partial charge in [0.2, 0.25) is 11.8 Å². The number of benzene rings is 3. The van der Waals surface area contributed by atoms with Crippen molar-refractivity contribution in [1.29, 1.82) is 0 Å². The van der Waals surface area contributed by atoms with Crippen LogP contribution < -0.4 is 15.5 Å². The molecule has 0 amide bonds. The summed E-state index contributed by atoms with van der Waals surface area (Å²) in [5, 5.41) is 18.3. The topological polar surface area (TPSA) is 96.2 Å². The molecule has 0 spiro atoms. The van der Waals surface area contributed by atoms with E-state index in [9.17, 15) is 10.1 Å². The molecule has 1 heterocycles. The van der Waals surface area contributed by atoms with Crippen molar-refractivity contribution in [3.8, 4) is 0 Å². The van der Waals surface area contributed by atoms with Crippen LogP contribution in [0.25, 0.3) is 12.2 Å². The molecule has 0 fully saturated rings. The Bertz CT molecular complexity index is 1290. The second kappa shape index (κ2) is 10.3. The summed E-state index contributed by atoms with van der Waals surface area (Å²) >= 11 is 0. The van der Waals surface area contributed by atoms with Crippen LogP contribution in [-0.4, -0.2) is 29.0 Å². The molecular formula is C26H24N6O2. The molecular weight excluding hydrogens is 428 g/mol. The Kier molecular flexibility index (Phi) is 6.78. The fraction of sp³-hybridized carbons (Fsp3) is 0.0769. The zero-order valence-electron chi connectivity index (χ0n) is 18.8. The van der Waals surface area contributed by atoms with E-state index >= 15 is 0 Å². The number of anilines is 5. The van der Waals surface area contributed by atoms with E-state index in [2.05, 4.69) is 20.6 Å². The van der Waals surface area contributed by atoms with E-state index < -0.39 is 4.92 Å². The summed E-state index contributed by atoms with van der Waals surface area (Å²) in [6.45, 7) is 0. The minimum atomic E-state index is -0.466. The summed E-state index contributed by atoms with van der Waals surface area (Å²) in [5.41, 5.74) is 3.40. The molecule has 0 unspecified atom stereocenters. The molecule has 0 bridgehead atoms. The van der Waals surface area contributed by atoms with Gasteiger partial charge in [0.25, 0.3) is 0 Å². The molecule has 34 heavy (non-hydrogen) atoms. The second-order valence-electron chi connectivity index (χ2n) is 7.69. The zero-order chi connectivity index (χ0) is 23.9. The first kappa shape index (κ1) is 22.5. The van der Waals surface area contributed by atoms with Crippen molar-refractivity contribution in [2.45, 2.75) is 0 Å². The predicted octanol–water partition coefficient (Wildman–Crippen LogP) is 6.11. The van der Waals surface area contributed by atoms with Crippen molar-refractivity contribution in [1.82, 2.24) is 9.97 Å². The highest BCUT2D eigenvalue weighted by Gasteiger charge is 2.24. The largest absolute Gasteiger partial charge is 0.378 e. The minimum absolute atomic E-state index is 0.104. The fourth-order valence-electron chi connectivity index (χ4n) is 3.28. The highest BCUT2D eigenvalue weighted by Crippen LogP contribution is 2.32. The quantitative estimate of drug-likeness (QED) is 0.246. The maximum absolute atomic E-state index is 12.1. The number of nitrogens with zero attached hydrogens (tertiary/aromatic N) is 4. The number of aromatic nitrogens is 2. The van der Waals surface area contributed by atoms with E-state index in [1.165, 1.54) is 0 Å². The van der Waals surface area contributed by atoms with Gasteiger partial charge >= 0.3 is 5.69 Å². The summed E-state index contributed by atoms with van der Waals surface area (Å²) in [4.78, 5) is 22.5. The van der Waals surface area contributed by atoms with Gasteiger partial charge in [0.1, 0.15) is 5.69 Å². The van der Waals surface area contributed by atoms with Crippen molar-refractivity contribution in [2.75, 3.05) is 29.6 Å². The van der Waals surface area contributed by atoms with Gasteiger partial charge < -0.3 is 15.5 Å². The van der Waals surface area contributed by atoms with Crippen molar-refractivity contribution >= 4 is 46.7 Å². The normalized spacial score (nSPS) is 10.8. The number of rotatable bonds is 8. The summed E-state index contributed by atoms with van der Waals surface area (Å²) < 4.78 is 0. The van der Waals surface area contributed by atoms with Crippen LogP contribution in [0.2, 0.25) is 0 Å². The van der Waals surface area contributed by atoms with Gasteiger partial charge in [0.15, 0.2) is 0 Å². The van der Waals surface area contributed by atoms with Gasteiger partial charge in [-0.15, -0.1) is 0 Å². The summed E-state index contributed by atoms with van der Waals surface area (Å²) in [7, 11) is 3.94. The Balaban J connectivity index is 1.76. The molecule has 0 atom stereocenters. The lowest BCUT2D eigenvalue weighted by molar-refractivity contribution is -0.384. The molecule has 0 aliphatic heterocycles. The average Bonchev–Trinajstić information content (AvgIpc) is 2.84. The first-order valence-corrected chi connectivity index (χ1v) is 10.7. The van der Waals surface area contributed by atoms with Gasteiger partial charge in [-0.2, -0.15) is 4.98 Å². The van der Waals surface area contributed by atoms with Crippen molar-refractivity contribution in [3.05, 3.63) is 106 Å². The molecule has 2 N–H and O–H groups in total. The SMILES string of the molecule is CN(C)c1ccc(C=Cc2nc(Nc3ccccc3)nc(Nc3ccccc3)c2[N+](=O)[O-])cc1. The van der Waals surface area contributed by atoms with Gasteiger partial charge in [-0.25, -0.2) is 4.98 Å². The maximum atomic E-state index is 12.1. The molecule has 8 heteroatoms. The van der Waals surface area contributed by atoms with Crippen LogP contribution in [0.1, 0.15) is 11.3 Å². The summed E-state index contributed by atoms with van der Waals surface area (Å²) in [6, 6.07) is 26.5. The van der Waals surface area contributed by atoms with Gasteiger partial charge in [-0.05, 0) is 48.0 Å². The molecule has 1 aromatic heterocycles. The van der Waals surface area contributed by atoms with E-state index in [4.69, 9.17) is 0 Å². The maximum Gasteiger partial charge on any atom is 0.337 e. The zero-order valence-corrected chi connectivity index (χ0v) is 18.8. The number of nitrogens with one attached hydrogen (secondary N) is 2. The molecule has 4 rings (SSSR count). The number of hydrogen-bond donors (Lipinski definition) is 2. The van der Waals surface area contributed by atoms with Gasteiger partial charge in [-0.3, -0.25) is 10.1 Å². The van der Waals surface area contributed by atoms with Crippen LogP contribution in [0.4, 0.5) is 34.5 Å². The first-order valence-electron chi connectivity index (χ1n) is 10.7. The number of hydrogen-bond acceptors (Lipinski definition) is 7. The molecule has 8 nitrogen and oxygen atoms in total. The number of para-hydroxylation sites is 2. The molecule has 4 aromatic rings. The van der Waals surface area contributed by atoms with Crippen molar-refractivity contribution < 1.29 is 4.92 Å².